The van der Waals surface area contributed by atoms with Gasteiger partial charge in [0.1, 0.15) is 12.4 Å². The van der Waals surface area contributed by atoms with Crippen molar-refractivity contribution in [3.8, 4) is 16.9 Å². The Balaban J connectivity index is 1.65. The number of hydrogen-bond donors (Lipinski definition) is 1. The van der Waals surface area contributed by atoms with Gasteiger partial charge in [-0.05, 0) is 55.5 Å². The van der Waals surface area contributed by atoms with Crippen molar-refractivity contribution in [2.24, 2.45) is 0 Å². The van der Waals surface area contributed by atoms with Crippen molar-refractivity contribution >= 4 is 10.0 Å². The van der Waals surface area contributed by atoms with E-state index in [-0.39, 0.29) is 24.0 Å². The highest BCUT2D eigenvalue weighted by atomic mass is 32.2. The summed E-state index contributed by atoms with van der Waals surface area (Å²) in [6.07, 6.45) is 5.24. The smallest absolute Gasteiger partial charge is 0.208 e. The van der Waals surface area contributed by atoms with Gasteiger partial charge < -0.3 is 4.74 Å². The van der Waals surface area contributed by atoms with Gasteiger partial charge in [0.15, 0.2) is 17.4 Å². The second-order valence-corrected chi connectivity index (χ2v) is 10.6. The fraction of sp³-hybridized carbons (Fsp3) is 0.333. The molecule has 33 heavy (non-hydrogen) atoms. The van der Waals surface area contributed by atoms with Crippen LogP contribution in [0.3, 0.4) is 0 Å². The van der Waals surface area contributed by atoms with E-state index >= 15 is 0 Å². The van der Waals surface area contributed by atoms with Crippen LogP contribution >= 0.6 is 0 Å². The minimum Gasteiger partial charge on any atom is -0.482 e. The Labute approximate surface area is 191 Å². The molecule has 4 bridgehead atoms. The van der Waals surface area contributed by atoms with E-state index in [9.17, 15) is 17.2 Å². The highest BCUT2D eigenvalue weighted by Gasteiger charge is 2.43. The Morgan fingerprint density at radius 2 is 1.97 bits per heavy atom. The molecule has 0 amide bonds. The molecule has 172 valence electrons. The van der Waals surface area contributed by atoms with Gasteiger partial charge in [0, 0.05) is 28.8 Å². The second-order valence-electron chi connectivity index (χ2n) is 8.86. The van der Waals surface area contributed by atoms with Crippen LogP contribution in [-0.2, 0) is 28.5 Å². The van der Waals surface area contributed by atoms with E-state index in [4.69, 9.17) is 9.72 Å². The van der Waals surface area contributed by atoms with Gasteiger partial charge in [0.05, 0.1) is 11.9 Å². The molecule has 0 saturated heterocycles. The van der Waals surface area contributed by atoms with Crippen molar-refractivity contribution in [1.82, 2.24) is 14.7 Å². The molecule has 2 atom stereocenters. The van der Waals surface area contributed by atoms with Gasteiger partial charge in [0.25, 0.3) is 0 Å². The number of nitrogens with zero attached hydrogens (tertiary/aromatic N) is 2. The number of para-hydroxylation sites is 1. The zero-order valence-corrected chi connectivity index (χ0v) is 18.8. The van der Waals surface area contributed by atoms with Crippen molar-refractivity contribution in [3.63, 3.8) is 0 Å². The highest BCUT2D eigenvalue weighted by Crippen LogP contribution is 2.44. The van der Waals surface area contributed by atoms with Crippen LogP contribution in [0.15, 0.2) is 48.7 Å². The van der Waals surface area contributed by atoms with Crippen LogP contribution in [0.1, 0.15) is 36.3 Å². The Hall–Kier alpha value is -2.91. The summed E-state index contributed by atoms with van der Waals surface area (Å²) in [5, 5.41) is 0. The maximum Gasteiger partial charge on any atom is 0.208 e. The van der Waals surface area contributed by atoms with Gasteiger partial charge >= 0.3 is 0 Å². The summed E-state index contributed by atoms with van der Waals surface area (Å²) in [5.74, 6) is -0.730. The van der Waals surface area contributed by atoms with Crippen LogP contribution in [-0.4, -0.2) is 30.7 Å². The number of fused-ring (bicyclic) bond motifs is 7. The largest absolute Gasteiger partial charge is 0.482 e. The van der Waals surface area contributed by atoms with Gasteiger partial charge in [-0.1, -0.05) is 18.2 Å². The summed E-state index contributed by atoms with van der Waals surface area (Å²) < 4.78 is 61.7. The monoisotopic (exact) mass is 471 g/mol. The molecule has 9 heteroatoms. The maximum absolute atomic E-state index is 14.9. The molecular weight excluding hydrogens is 448 g/mol. The number of sulfonamides is 1. The Morgan fingerprint density at radius 3 is 2.79 bits per heavy atom. The Kier molecular flexibility index (Phi) is 5.41. The van der Waals surface area contributed by atoms with Crippen molar-refractivity contribution in [2.45, 2.75) is 43.7 Å². The summed E-state index contributed by atoms with van der Waals surface area (Å²) in [7, 11) is -3.36. The summed E-state index contributed by atoms with van der Waals surface area (Å²) in [6, 6.07) is 10.8. The SMILES string of the molecule is CS(=O)(=O)N[C@H]1CC[C@@]2(Cc3ccc(F)c(c3)-c3cccc(F)c3OCc3nccc2n3)C1. The first kappa shape index (κ1) is 21.9. The number of hydrogen-bond acceptors (Lipinski definition) is 5. The molecule has 3 aromatic rings. The number of benzene rings is 2. The van der Waals surface area contributed by atoms with E-state index in [1.165, 1.54) is 18.2 Å². The average molecular weight is 472 g/mol. The van der Waals surface area contributed by atoms with Crippen molar-refractivity contribution in [1.29, 1.82) is 0 Å². The molecule has 2 aliphatic rings. The zero-order valence-electron chi connectivity index (χ0n) is 18.0. The molecule has 1 saturated carbocycles. The van der Waals surface area contributed by atoms with Crippen LogP contribution in [0.2, 0.25) is 0 Å². The Morgan fingerprint density at radius 1 is 1.12 bits per heavy atom. The third-order valence-corrected chi connectivity index (χ3v) is 7.18. The molecule has 0 radical (unpaired) electrons. The van der Waals surface area contributed by atoms with Gasteiger partial charge in [-0.15, -0.1) is 0 Å². The molecule has 2 heterocycles. The van der Waals surface area contributed by atoms with Crippen LogP contribution in [0.4, 0.5) is 8.78 Å². The summed E-state index contributed by atoms with van der Waals surface area (Å²) >= 11 is 0. The van der Waals surface area contributed by atoms with Crippen molar-refractivity contribution < 1.29 is 21.9 Å². The number of halogens is 2. The molecule has 2 aromatic carbocycles. The van der Waals surface area contributed by atoms with Crippen LogP contribution in [0, 0.1) is 11.6 Å². The lowest BCUT2D eigenvalue weighted by Crippen LogP contribution is -2.35. The molecule has 5 rings (SSSR count). The lowest BCUT2D eigenvalue weighted by molar-refractivity contribution is 0.280. The minimum absolute atomic E-state index is 0.0453. The van der Waals surface area contributed by atoms with Crippen LogP contribution in [0.25, 0.3) is 11.1 Å². The number of ether oxygens (including phenoxy) is 1. The van der Waals surface area contributed by atoms with Gasteiger partial charge in [0.2, 0.25) is 10.0 Å². The fourth-order valence-corrected chi connectivity index (χ4v) is 5.87. The van der Waals surface area contributed by atoms with E-state index in [1.54, 1.807) is 24.4 Å². The molecule has 1 spiro atoms. The van der Waals surface area contributed by atoms with Crippen molar-refractivity contribution in [3.05, 3.63) is 77.4 Å². The summed E-state index contributed by atoms with van der Waals surface area (Å²) in [5.41, 5.74) is 1.74. The topological polar surface area (TPSA) is 81.2 Å². The van der Waals surface area contributed by atoms with Crippen LogP contribution in [0.5, 0.6) is 5.75 Å². The maximum atomic E-state index is 14.9. The predicted octanol–water partition coefficient (Wildman–Crippen LogP) is 3.90. The standard InChI is InChI=1S/C24H23F2N3O3S/c1-33(30,31)29-16-7-9-24(13-16)12-15-5-6-19(25)18(11-15)17-3-2-4-20(26)23(17)32-14-22-27-10-8-21(24)28-22/h2-6,8,10-11,16,29H,7,9,12-14H2,1H3/t16-,24+/m0/s1. The molecule has 1 aromatic heterocycles. The second kappa shape index (κ2) is 8.14. The number of aromatic nitrogens is 2. The fourth-order valence-electron chi connectivity index (χ4n) is 5.06. The first-order valence-corrected chi connectivity index (χ1v) is 12.6. The molecule has 0 unspecified atom stereocenters. The first-order chi connectivity index (χ1) is 15.7. The predicted molar refractivity (Wildman–Crippen MR) is 119 cm³/mol. The lowest BCUT2D eigenvalue weighted by atomic mass is 9.76. The van der Waals surface area contributed by atoms with Gasteiger partial charge in [-0.25, -0.2) is 31.9 Å². The zero-order chi connectivity index (χ0) is 23.2. The van der Waals surface area contributed by atoms with Gasteiger partial charge in [-0.2, -0.15) is 0 Å². The Bertz CT molecular complexity index is 1330. The third-order valence-electron chi connectivity index (χ3n) is 6.41. The summed E-state index contributed by atoms with van der Waals surface area (Å²) in [6.45, 7) is -0.0792. The molecule has 1 aliphatic heterocycles. The third kappa shape index (κ3) is 4.35. The molecule has 6 nitrogen and oxygen atoms in total. The quantitative estimate of drug-likeness (QED) is 0.613. The van der Waals surface area contributed by atoms with Crippen LogP contribution < -0.4 is 9.46 Å². The number of rotatable bonds is 2. The summed E-state index contributed by atoms with van der Waals surface area (Å²) in [4.78, 5) is 9.00. The normalized spacial score (nSPS) is 22.2. The highest BCUT2D eigenvalue weighted by molar-refractivity contribution is 7.88. The average Bonchev–Trinajstić information content (AvgIpc) is 3.15. The van der Waals surface area contributed by atoms with Gasteiger partial charge in [-0.3, -0.25) is 0 Å². The molecule has 1 aliphatic carbocycles. The van der Waals surface area contributed by atoms with E-state index in [2.05, 4.69) is 9.71 Å². The van der Waals surface area contributed by atoms with Crippen molar-refractivity contribution in [2.75, 3.05) is 6.26 Å². The minimum atomic E-state index is -3.36. The first-order valence-electron chi connectivity index (χ1n) is 10.7. The van der Waals surface area contributed by atoms with E-state index in [1.807, 2.05) is 6.07 Å². The lowest BCUT2D eigenvalue weighted by Gasteiger charge is -2.30. The van der Waals surface area contributed by atoms with E-state index in [0.717, 1.165) is 17.5 Å². The van der Waals surface area contributed by atoms with E-state index in [0.29, 0.717) is 37.1 Å². The number of nitrogens with one attached hydrogen (secondary N) is 1. The van der Waals surface area contributed by atoms with E-state index < -0.39 is 27.1 Å². The molecular formula is C24H23F2N3O3S. The molecule has 1 fully saturated rings. The molecule has 1 N–H and O–H groups in total.